The van der Waals surface area contributed by atoms with E-state index in [1.807, 2.05) is 12.1 Å². The molecule has 3 heteroatoms. The van der Waals surface area contributed by atoms with Gasteiger partial charge in [-0.15, -0.1) is 0 Å². The van der Waals surface area contributed by atoms with Crippen LogP contribution >= 0.6 is 0 Å². The molecule has 1 N–H and O–H groups in total. The number of nitrogens with one attached hydrogen (secondary N) is 1. The summed E-state index contributed by atoms with van der Waals surface area (Å²) in [6, 6.07) is 26.3. The lowest BCUT2D eigenvalue weighted by Gasteiger charge is -2.29. The molecule has 3 atom stereocenters. The Balaban J connectivity index is 1.50. The summed E-state index contributed by atoms with van der Waals surface area (Å²) in [7, 11) is 0. The number of benzene rings is 2. The quantitative estimate of drug-likeness (QED) is 0.708. The molecule has 3 heterocycles. The number of hydrogen-bond donors (Lipinski definition) is 1. The van der Waals surface area contributed by atoms with Gasteiger partial charge < -0.3 is 10.1 Å². The molecule has 2 saturated heterocycles. The fraction of sp³-hybridized carbons (Fsp3) is 0.292. The van der Waals surface area contributed by atoms with Gasteiger partial charge >= 0.3 is 0 Å². The van der Waals surface area contributed by atoms with Crippen molar-refractivity contribution < 1.29 is 4.74 Å². The van der Waals surface area contributed by atoms with E-state index in [1.165, 1.54) is 18.4 Å². The first-order chi connectivity index (χ1) is 13.3. The average molecular weight is 356 g/mol. The highest BCUT2D eigenvalue weighted by Gasteiger charge is 2.34. The van der Waals surface area contributed by atoms with Gasteiger partial charge in [-0.2, -0.15) is 0 Å². The van der Waals surface area contributed by atoms with E-state index < -0.39 is 0 Å². The number of ether oxygens (including phenoxy) is 1. The SMILES string of the molecule is c1ccc(-c2cc(O[C@@H]3C[C@H]4CC[C@@H](C3)N4)nc(-c3ccccc3)c2)cc1. The molecule has 27 heavy (non-hydrogen) atoms. The largest absolute Gasteiger partial charge is 0.474 e. The molecule has 0 spiro atoms. The molecule has 5 rings (SSSR count). The summed E-state index contributed by atoms with van der Waals surface area (Å²) < 4.78 is 6.41. The standard InChI is InChI=1S/C24H24N2O/c1-3-7-17(8-4-1)19-13-23(18-9-5-2-6-10-18)26-24(14-19)27-22-15-20-11-12-21(16-22)25-20/h1-10,13-14,20-22,25H,11-12,15-16H2/t20-,21+,22-. The summed E-state index contributed by atoms with van der Waals surface area (Å²) in [5.74, 6) is 0.738. The molecular weight excluding hydrogens is 332 g/mol. The highest BCUT2D eigenvalue weighted by molar-refractivity contribution is 5.71. The predicted molar refractivity (Wildman–Crippen MR) is 109 cm³/mol. The molecule has 0 radical (unpaired) electrons. The third-order valence-corrected chi connectivity index (χ3v) is 5.70. The van der Waals surface area contributed by atoms with Crippen molar-refractivity contribution >= 4 is 0 Å². The fourth-order valence-corrected chi connectivity index (χ4v) is 4.39. The van der Waals surface area contributed by atoms with Gasteiger partial charge in [0.2, 0.25) is 5.88 Å². The second-order valence-electron chi connectivity index (χ2n) is 7.66. The van der Waals surface area contributed by atoms with E-state index >= 15 is 0 Å². The summed E-state index contributed by atoms with van der Waals surface area (Å²) in [6.45, 7) is 0. The highest BCUT2D eigenvalue weighted by atomic mass is 16.5. The van der Waals surface area contributed by atoms with Crippen LogP contribution in [0.1, 0.15) is 25.7 Å². The summed E-state index contributed by atoms with van der Waals surface area (Å²) >= 11 is 0. The van der Waals surface area contributed by atoms with Gasteiger partial charge in [0.15, 0.2) is 0 Å². The van der Waals surface area contributed by atoms with Crippen molar-refractivity contribution in [2.75, 3.05) is 0 Å². The van der Waals surface area contributed by atoms with Crippen LogP contribution in [-0.2, 0) is 0 Å². The topological polar surface area (TPSA) is 34.1 Å². The third kappa shape index (κ3) is 3.60. The zero-order chi connectivity index (χ0) is 18.1. The maximum absolute atomic E-state index is 6.41. The minimum atomic E-state index is 0.255. The van der Waals surface area contributed by atoms with Crippen LogP contribution in [0.15, 0.2) is 72.8 Å². The second kappa shape index (κ2) is 7.16. The van der Waals surface area contributed by atoms with Crippen molar-refractivity contribution in [2.45, 2.75) is 43.9 Å². The van der Waals surface area contributed by atoms with Gasteiger partial charge in [-0.05, 0) is 42.9 Å². The molecule has 3 aromatic rings. The van der Waals surface area contributed by atoms with Crippen LogP contribution in [0.5, 0.6) is 5.88 Å². The van der Waals surface area contributed by atoms with Crippen LogP contribution in [0, 0.1) is 0 Å². The van der Waals surface area contributed by atoms with Gasteiger partial charge in [0.05, 0.1) is 5.69 Å². The van der Waals surface area contributed by atoms with Crippen LogP contribution in [0.2, 0.25) is 0 Å². The first-order valence-electron chi connectivity index (χ1n) is 9.89. The minimum absolute atomic E-state index is 0.255. The van der Waals surface area contributed by atoms with E-state index in [4.69, 9.17) is 9.72 Å². The van der Waals surface area contributed by atoms with Gasteiger partial charge in [-0.1, -0.05) is 60.7 Å². The van der Waals surface area contributed by atoms with Gasteiger partial charge in [-0.3, -0.25) is 0 Å². The molecule has 2 aliphatic heterocycles. The highest BCUT2D eigenvalue weighted by Crippen LogP contribution is 2.32. The van der Waals surface area contributed by atoms with Gasteiger partial charge in [0, 0.05) is 23.7 Å². The van der Waals surface area contributed by atoms with E-state index in [2.05, 4.69) is 66.0 Å². The lowest BCUT2D eigenvalue weighted by molar-refractivity contribution is 0.132. The summed E-state index contributed by atoms with van der Waals surface area (Å²) in [5.41, 5.74) is 4.41. The fourth-order valence-electron chi connectivity index (χ4n) is 4.39. The van der Waals surface area contributed by atoms with E-state index in [1.54, 1.807) is 0 Å². The number of fused-ring (bicyclic) bond motifs is 2. The first kappa shape index (κ1) is 16.5. The molecule has 2 fully saturated rings. The molecule has 3 nitrogen and oxygen atoms in total. The number of pyridine rings is 1. The summed E-state index contributed by atoms with van der Waals surface area (Å²) in [5, 5.41) is 3.68. The maximum Gasteiger partial charge on any atom is 0.214 e. The van der Waals surface area contributed by atoms with E-state index in [-0.39, 0.29) is 6.10 Å². The normalized spacial score (nSPS) is 23.9. The van der Waals surface area contributed by atoms with E-state index in [9.17, 15) is 0 Å². The molecule has 0 aliphatic carbocycles. The van der Waals surface area contributed by atoms with Gasteiger partial charge in [0.25, 0.3) is 0 Å². The van der Waals surface area contributed by atoms with Crippen molar-refractivity contribution in [1.82, 2.24) is 10.3 Å². The van der Waals surface area contributed by atoms with E-state index in [0.29, 0.717) is 12.1 Å². The first-order valence-corrected chi connectivity index (χ1v) is 9.89. The Bertz CT molecular complexity index is 840. The Labute approximate surface area is 160 Å². The lowest BCUT2D eigenvalue weighted by Crippen LogP contribution is -2.42. The number of piperidine rings is 1. The monoisotopic (exact) mass is 356 g/mol. The van der Waals surface area contributed by atoms with Crippen molar-refractivity contribution in [1.29, 1.82) is 0 Å². The minimum Gasteiger partial charge on any atom is -0.474 e. The smallest absolute Gasteiger partial charge is 0.214 e. The summed E-state index contributed by atoms with van der Waals surface area (Å²) in [6.07, 6.45) is 4.96. The molecular formula is C24H24N2O. The second-order valence-corrected chi connectivity index (χ2v) is 7.66. The molecule has 0 amide bonds. The number of aromatic nitrogens is 1. The van der Waals surface area contributed by atoms with Gasteiger partial charge in [-0.25, -0.2) is 4.98 Å². The average Bonchev–Trinajstić information content (AvgIpc) is 3.07. The summed E-state index contributed by atoms with van der Waals surface area (Å²) in [4.78, 5) is 4.85. The molecule has 0 saturated carbocycles. The Hall–Kier alpha value is -2.65. The number of rotatable bonds is 4. The molecule has 2 aliphatic rings. The predicted octanol–water partition coefficient (Wildman–Crippen LogP) is 5.08. The molecule has 2 bridgehead atoms. The Morgan fingerprint density at radius 1 is 0.741 bits per heavy atom. The van der Waals surface area contributed by atoms with Gasteiger partial charge in [0.1, 0.15) is 6.10 Å². The lowest BCUT2D eigenvalue weighted by atomic mass is 10.0. The van der Waals surface area contributed by atoms with Crippen LogP contribution in [0.4, 0.5) is 0 Å². The zero-order valence-corrected chi connectivity index (χ0v) is 15.3. The number of hydrogen-bond acceptors (Lipinski definition) is 3. The van der Waals surface area contributed by atoms with Crippen LogP contribution in [0.25, 0.3) is 22.4 Å². The van der Waals surface area contributed by atoms with Crippen LogP contribution < -0.4 is 10.1 Å². The zero-order valence-electron chi connectivity index (χ0n) is 15.3. The molecule has 0 unspecified atom stereocenters. The van der Waals surface area contributed by atoms with Crippen molar-refractivity contribution in [3.8, 4) is 28.3 Å². The van der Waals surface area contributed by atoms with Crippen molar-refractivity contribution in [3.05, 3.63) is 72.8 Å². The molecule has 136 valence electrons. The van der Waals surface area contributed by atoms with Crippen LogP contribution in [-0.4, -0.2) is 23.2 Å². The molecule has 1 aromatic heterocycles. The van der Waals surface area contributed by atoms with Crippen molar-refractivity contribution in [3.63, 3.8) is 0 Å². The Kier molecular flexibility index (Phi) is 4.38. The maximum atomic E-state index is 6.41. The number of nitrogens with zero attached hydrogens (tertiary/aromatic N) is 1. The molecule has 2 aromatic carbocycles. The van der Waals surface area contributed by atoms with Crippen molar-refractivity contribution in [2.24, 2.45) is 0 Å². The Morgan fingerprint density at radius 3 is 2.04 bits per heavy atom. The van der Waals surface area contributed by atoms with Crippen LogP contribution in [0.3, 0.4) is 0 Å². The van der Waals surface area contributed by atoms with E-state index in [0.717, 1.165) is 35.5 Å². The Morgan fingerprint density at radius 2 is 1.37 bits per heavy atom. The third-order valence-electron chi connectivity index (χ3n) is 5.70.